The van der Waals surface area contributed by atoms with Gasteiger partial charge in [0.2, 0.25) is 5.88 Å². The molecular formula is C28H18Cl2N2O4. The van der Waals surface area contributed by atoms with E-state index in [2.05, 4.69) is 0 Å². The van der Waals surface area contributed by atoms with Crippen molar-refractivity contribution in [2.45, 2.75) is 0 Å². The number of carbonyl (C=O) groups excluding carboxylic acids is 2. The van der Waals surface area contributed by atoms with Gasteiger partial charge in [-0.2, -0.15) is 9.78 Å². The molecule has 0 fully saturated rings. The normalized spacial score (nSPS) is 10.8. The second-order valence-electron chi connectivity index (χ2n) is 7.81. The van der Waals surface area contributed by atoms with Crippen molar-refractivity contribution in [2.75, 3.05) is 6.61 Å². The summed E-state index contributed by atoms with van der Waals surface area (Å²) in [4.78, 5) is 24.0. The Bertz CT molecular complexity index is 1570. The first-order valence-corrected chi connectivity index (χ1v) is 11.7. The molecule has 0 amide bonds. The Morgan fingerprint density at radius 2 is 1.58 bits per heavy atom. The molecule has 0 bridgehead atoms. The molecular weight excluding hydrogens is 499 g/mol. The van der Waals surface area contributed by atoms with Gasteiger partial charge in [-0.05, 0) is 58.8 Å². The highest BCUT2D eigenvalue weighted by Crippen LogP contribution is 2.32. The summed E-state index contributed by atoms with van der Waals surface area (Å²) < 4.78 is 12.6. The van der Waals surface area contributed by atoms with Crippen LogP contribution in [-0.4, -0.2) is 27.6 Å². The quantitative estimate of drug-likeness (QED) is 0.177. The molecule has 0 radical (unpaired) electrons. The van der Waals surface area contributed by atoms with Crippen LogP contribution >= 0.6 is 23.2 Å². The lowest BCUT2D eigenvalue weighted by atomic mass is 10.0. The maximum atomic E-state index is 13.0. The van der Waals surface area contributed by atoms with Crippen molar-refractivity contribution in [3.63, 3.8) is 0 Å². The molecule has 0 unspecified atom stereocenters. The van der Waals surface area contributed by atoms with Gasteiger partial charge < -0.3 is 9.47 Å². The lowest BCUT2D eigenvalue weighted by Crippen LogP contribution is -2.12. The number of carbonyl (C=O) groups is 2. The van der Waals surface area contributed by atoms with Crippen molar-refractivity contribution in [2.24, 2.45) is 0 Å². The molecule has 178 valence electrons. The summed E-state index contributed by atoms with van der Waals surface area (Å²) in [5, 5.41) is 6.54. The molecule has 6 nitrogen and oxygen atoms in total. The fraction of sp³-hybridized carbons (Fsp3) is 0.0357. The zero-order valence-corrected chi connectivity index (χ0v) is 20.2. The number of ether oxygens (including phenoxy) is 2. The molecule has 0 spiro atoms. The summed E-state index contributed by atoms with van der Waals surface area (Å²) in [6.45, 7) is -0.241. The van der Waals surface area contributed by atoms with Crippen LogP contribution in [0.4, 0.5) is 0 Å². The minimum absolute atomic E-state index is 0.215. The summed E-state index contributed by atoms with van der Waals surface area (Å²) >= 11 is 11.6. The Morgan fingerprint density at radius 3 is 2.36 bits per heavy atom. The minimum atomic E-state index is -0.605. The number of rotatable bonds is 7. The topological polar surface area (TPSA) is 70.4 Å². The van der Waals surface area contributed by atoms with Crippen molar-refractivity contribution >= 4 is 45.2 Å². The third-order valence-electron chi connectivity index (χ3n) is 5.47. The Hall–Kier alpha value is -4.13. The van der Waals surface area contributed by atoms with Crippen LogP contribution in [0.15, 0.2) is 97.1 Å². The van der Waals surface area contributed by atoms with Crippen LogP contribution in [0.3, 0.4) is 0 Å². The van der Waals surface area contributed by atoms with Crippen LogP contribution in [0.1, 0.15) is 10.4 Å². The van der Waals surface area contributed by atoms with Crippen LogP contribution in [0.5, 0.6) is 11.6 Å². The molecule has 5 rings (SSSR count). The predicted octanol–water partition coefficient (Wildman–Crippen LogP) is 6.71. The molecule has 0 aliphatic carbocycles. The summed E-state index contributed by atoms with van der Waals surface area (Å²) in [5.41, 5.74) is 2.38. The van der Waals surface area contributed by atoms with E-state index in [0.29, 0.717) is 17.1 Å². The van der Waals surface area contributed by atoms with E-state index >= 15 is 0 Å². The van der Waals surface area contributed by atoms with Crippen molar-refractivity contribution in [1.82, 2.24) is 9.78 Å². The first-order valence-electron chi connectivity index (χ1n) is 11.0. The number of benzene rings is 4. The van der Waals surface area contributed by atoms with Gasteiger partial charge in [-0.3, -0.25) is 4.79 Å². The van der Waals surface area contributed by atoms with Crippen LogP contribution < -0.4 is 9.47 Å². The van der Waals surface area contributed by atoms with Gasteiger partial charge in [-0.25, -0.2) is 4.79 Å². The Morgan fingerprint density at radius 1 is 0.861 bits per heavy atom. The summed E-state index contributed by atoms with van der Waals surface area (Å²) in [5.74, 6) is 0.0723. The summed E-state index contributed by atoms with van der Waals surface area (Å²) in [6.07, 6.45) is 0. The highest BCUT2D eigenvalue weighted by molar-refractivity contribution is 6.63. The van der Waals surface area contributed by atoms with E-state index in [1.165, 1.54) is 4.68 Å². The molecule has 4 aromatic carbocycles. The molecule has 0 aliphatic heterocycles. The zero-order chi connectivity index (χ0) is 25.1. The molecule has 1 heterocycles. The van der Waals surface area contributed by atoms with Gasteiger partial charge in [0.25, 0.3) is 5.24 Å². The van der Waals surface area contributed by atoms with Crippen molar-refractivity contribution in [1.29, 1.82) is 0 Å². The maximum Gasteiger partial charge on any atom is 0.346 e. The van der Waals surface area contributed by atoms with Gasteiger partial charge in [0.15, 0.2) is 6.61 Å². The summed E-state index contributed by atoms with van der Waals surface area (Å²) in [6, 6.07) is 29.1. The standard InChI is InChI=1S/C28H18Cl2N2O4/c29-24-11-4-3-9-23(24)28(34)36-27-16-25(22-10-5-7-18-6-1-2-8-21(18)22)31-32(27)19-12-14-20(15-13-19)35-17-26(30)33/h1-16H,17H2. The van der Waals surface area contributed by atoms with E-state index in [0.717, 1.165) is 16.3 Å². The van der Waals surface area contributed by atoms with Gasteiger partial charge in [0.05, 0.1) is 22.0 Å². The molecule has 1 aromatic heterocycles. The van der Waals surface area contributed by atoms with Gasteiger partial charge in [-0.15, -0.1) is 0 Å². The number of esters is 1. The predicted molar refractivity (Wildman–Crippen MR) is 139 cm³/mol. The van der Waals surface area contributed by atoms with E-state index < -0.39 is 11.2 Å². The van der Waals surface area contributed by atoms with E-state index in [-0.39, 0.29) is 23.1 Å². The minimum Gasteiger partial charge on any atom is -0.484 e. The maximum absolute atomic E-state index is 13.0. The van der Waals surface area contributed by atoms with Crippen LogP contribution in [0.2, 0.25) is 5.02 Å². The van der Waals surface area contributed by atoms with E-state index in [1.807, 2.05) is 42.5 Å². The lowest BCUT2D eigenvalue weighted by Gasteiger charge is -2.09. The average molecular weight is 517 g/mol. The van der Waals surface area contributed by atoms with Gasteiger partial charge in [0.1, 0.15) is 5.75 Å². The second kappa shape index (κ2) is 10.2. The van der Waals surface area contributed by atoms with Crippen molar-refractivity contribution in [3.8, 4) is 28.6 Å². The number of nitrogens with zero attached hydrogens (tertiary/aromatic N) is 2. The van der Waals surface area contributed by atoms with Gasteiger partial charge >= 0.3 is 5.97 Å². The number of halogens is 2. The molecule has 0 aliphatic rings. The smallest absolute Gasteiger partial charge is 0.346 e. The fourth-order valence-corrected chi connectivity index (χ4v) is 4.07. The van der Waals surface area contributed by atoms with Gasteiger partial charge in [-0.1, -0.05) is 66.2 Å². The van der Waals surface area contributed by atoms with Crippen LogP contribution in [0.25, 0.3) is 27.7 Å². The zero-order valence-electron chi connectivity index (χ0n) is 18.7. The van der Waals surface area contributed by atoms with E-state index in [1.54, 1.807) is 54.6 Å². The number of hydrogen-bond acceptors (Lipinski definition) is 5. The van der Waals surface area contributed by atoms with Crippen molar-refractivity contribution in [3.05, 3.63) is 108 Å². The SMILES string of the molecule is O=C(Cl)COc1ccc(-n2nc(-c3cccc4ccccc34)cc2OC(=O)c2ccccc2Cl)cc1. The average Bonchev–Trinajstić information content (AvgIpc) is 3.31. The number of fused-ring (bicyclic) bond motifs is 1. The number of hydrogen-bond donors (Lipinski definition) is 0. The largest absolute Gasteiger partial charge is 0.484 e. The first-order chi connectivity index (χ1) is 17.5. The lowest BCUT2D eigenvalue weighted by molar-refractivity contribution is -0.113. The van der Waals surface area contributed by atoms with E-state index in [4.69, 9.17) is 37.8 Å². The molecule has 5 aromatic rings. The number of aromatic nitrogens is 2. The van der Waals surface area contributed by atoms with Gasteiger partial charge in [0, 0.05) is 11.6 Å². The highest BCUT2D eigenvalue weighted by atomic mass is 35.5. The third kappa shape index (κ3) is 4.96. The highest BCUT2D eigenvalue weighted by Gasteiger charge is 2.19. The molecule has 0 saturated heterocycles. The molecule has 0 saturated carbocycles. The summed E-state index contributed by atoms with van der Waals surface area (Å²) in [7, 11) is 0. The Kier molecular flexibility index (Phi) is 6.71. The molecule has 8 heteroatoms. The third-order valence-corrected chi connectivity index (χ3v) is 5.91. The van der Waals surface area contributed by atoms with Crippen molar-refractivity contribution < 1.29 is 19.1 Å². The monoisotopic (exact) mass is 516 g/mol. The van der Waals surface area contributed by atoms with Crippen LogP contribution in [0, 0.1) is 0 Å². The molecule has 0 atom stereocenters. The Labute approximate surface area is 216 Å². The van der Waals surface area contributed by atoms with Crippen LogP contribution in [-0.2, 0) is 4.79 Å². The second-order valence-corrected chi connectivity index (χ2v) is 8.64. The first kappa shape index (κ1) is 23.6. The molecule has 0 N–H and O–H groups in total. The Balaban J connectivity index is 1.57. The molecule has 36 heavy (non-hydrogen) atoms. The van der Waals surface area contributed by atoms with E-state index in [9.17, 15) is 9.59 Å². The fourth-order valence-electron chi connectivity index (χ4n) is 3.80.